The van der Waals surface area contributed by atoms with Gasteiger partial charge < -0.3 is 0 Å². The molecule has 1 aliphatic heterocycles. The van der Waals surface area contributed by atoms with Gasteiger partial charge in [-0.2, -0.15) is 0 Å². The van der Waals surface area contributed by atoms with E-state index in [-0.39, 0.29) is 0 Å². The van der Waals surface area contributed by atoms with E-state index in [1.165, 1.54) is 0 Å². The number of benzene rings is 8. The van der Waals surface area contributed by atoms with E-state index < -0.39 is 0 Å². The van der Waals surface area contributed by atoms with Crippen LogP contribution in [0.3, 0.4) is 0 Å². The molecule has 0 spiro atoms. The molecule has 0 radical (unpaired) electrons. The van der Waals surface area contributed by atoms with Crippen molar-refractivity contribution < 1.29 is 4.11 Å². The molecule has 0 aliphatic carbocycles. The van der Waals surface area contributed by atoms with Crippen molar-refractivity contribution in [2.75, 3.05) is 10.0 Å². The Labute approximate surface area is 302 Å². The number of fused-ring (bicyclic) bond motifs is 13. The number of rotatable bonds is 3. The zero-order chi connectivity index (χ0) is 36.1. The van der Waals surface area contributed by atoms with Crippen LogP contribution in [0.2, 0.25) is 0 Å². The Morgan fingerprint density at radius 2 is 1.25 bits per heavy atom. The molecule has 0 saturated carbocycles. The normalized spacial score (nSPS) is 13.5. The molecule has 11 rings (SSSR count). The first-order valence-electron chi connectivity index (χ1n) is 18.4. The number of thiophene rings is 1. The van der Waals surface area contributed by atoms with E-state index in [0.717, 1.165) is 86.4 Å². The lowest BCUT2D eigenvalue weighted by atomic mass is 9.87. The molecular weight excluding hydrogens is 641 g/mol. The lowest BCUT2D eigenvalue weighted by molar-refractivity contribution is 0.933. The summed E-state index contributed by atoms with van der Waals surface area (Å²) in [5, 5.41) is 11.0. The molecular formula is C46H28N4S. The molecule has 0 atom stereocenters. The van der Waals surface area contributed by atoms with Crippen molar-refractivity contribution in [2.45, 2.75) is 0 Å². The number of para-hydroxylation sites is 2. The number of anilines is 4. The van der Waals surface area contributed by atoms with E-state index in [0.29, 0.717) is 29.8 Å². The van der Waals surface area contributed by atoms with Gasteiger partial charge in [0, 0.05) is 37.5 Å². The average molecular weight is 672 g/mol. The van der Waals surface area contributed by atoms with Crippen LogP contribution in [0.15, 0.2) is 170 Å². The summed E-state index contributed by atoms with van der Waals surface area (Å²) < 4.78 is 29.5. The SMILES string of the molecule is [2H]c1ccc2sc3c4c(c5ccccc5c3c2c1)-c1c(c([2H])cc2c([2H])cccc12)N(c1ccccc1)N4c1nc(-c2ccccc2)c2ccccc2n1. The fourth-order valence-corrected chi connectivity index (χ4v) is 8.99. The summed E-state index contributed by atoms with van der Waals surface area (Å²) >= 11 is 1.70. The minimum absolute atomic E-state index is 0.292. The summed E-state index contributed by atoms with van der Waals surface area (Å²) in [7, 11) is 0. The summed E-state index contributed by atoms with van der Waals surface area (Å²) in [4.78, 5) is 10.8. The number of nitrogens with zero attached hydrogens (tertiary/aromatic N) is 4. The Morgan fingerprint density at radius 1 is 0.529 bits per heavy atom. The van der Waals surface area contributed by atoms with Gasteiger partial charge in [-0.1, -0.05) is 139 Å². The summed E-state index contributed by atoms with van der Waals surface area (Å²) in [5.41, 5.74) is 6.86. The van der Waals surface area contributed by atoms with Gasteiger partial charge in [0.1, 0.15) is 0 Å². The standard InChI is InChI=1S/C46H28N4S/c1-3-16-30(17-4-1)43-35-23-11-13-25-37(35)47-46(48-43)50-44-42(34-22-10-9-21-33(34)40-36-24-12-14-26-39(36)51-45(40)44)41-32-20-8-7-15-29(32)27-28-38(41)49(50)31-18-5-2-6-19-31/h1-28H/i12D,15D,28D. The van der Waals surface area contributed by atoms with Crippen LogP contribution in [0, 0.1) is 0 Å². The third-order valence-electron chi connectivity index (χ3n) is 9.90. The average Bonchev–Trinajstić information content (AvgIpc) is 3.59. The van der Waals surface area contributed by atoms with E-state index in [2.05, 4.69) is 70.7 Å². The Hall–Kier alpha value is -6.56. The van der Waals surface area contributed by atoms with Crippen LogP contribution in [0.1, 0.15) is 4.11 Å². The zero-order valence-corrected chi connectivity index (χ0v) is 27.9. The molecule has 51 heavy (non-hydrogen) atoms. The highest BCUT2D eigenvalue weighted by Crippen LogP contribution is 2.58. The monoisotopic (exact) mass is 671 g/mol. The number of aromatic nitrogens is 2. The third kappa shape index (κ3) is 4.13. The number of hydrogen-bond acceptors (Lipinski definition) is 5. The van der Waals surface area contributed by atoms with Crippen LogP contribution in [0.5, 0.6) is 0 Å². The minimum atomic E-state index is 0.292. The van der Waals surface area contributed by atoms with Crippen LogP contribution >= 0.6 is 11.3 Å². The van der Waals surface area contributed by atoms with Crippen molar-refractivity contribution in [1.82, 2.24) is 9.97 Å². The van der Waals surface area contributed by atoms with Crippen LogP contribution in [-0.2, 0) is 0 Å². The lowest BCUT2D eigenvalue weighted by Gasteiger charge is -2.43. The Kier molecular flexibility index (Phi) is 5.47. The largest absolute Gasteiger partial charge is 0.251 e. The molecule has 0 unspecified atom stereocenters. The second-order valence-electron chi connectivity index (χ2n) is 12.7. The molecule has 5 heteroatoms. The Morgan fingerprint density at radius 3 is 2.12 bits per heavy atom. The molecule has 4 nitrogen and oxygen atoms in total. The van der Waals surface area contributed by atoms with E-state index in [1.807, 2.05) is 84.9 Å². The van der Waals surface area contributed by atoms with Crippen molar-refractivity contribution in [2.24, 2.45) is 0 Å². The lowest BCUT2D eigenvalue weighted by Crippen LogP contribution is -2.40. The van der Waals surface area contributed by atoms with Gasteiger partial charge in [0.15, 0.2) is 0 Å². The molecule has 8 aromatic carbocycles. The van der Waals surface area contributed by atoms with Gasteiger partial charge in [0.25, 0.3) is 5.95 Å². The molecule has 0 fully saturated rings. The van der Waals surface area contributed by atoms with Gasteiger partial charge in [0.2, 0.25) is 0 Å². The predicted octanol–water partition coefficient (Wildman–Crippen LogP) is 12.8. The topological polar surface area (TPSA) is 32.3 Å². The quantitative estimate of drug-likeness (QED) is 0.187. The van der Waals surface area contributed by atoms with E-state index in [9.17, 15) is 1.37 Å². The number of hydrogen-bond donors (Lipinski definition) is 0. The molecule has 10 aromatic rings. The molecule has 2 aromatic heterocycles. The second-order valence-corrected chi connectivity index (χ2v) is 13.8. The van der Waals surface area contributed by atoms with Gasteiger partial charge >= 0.3 is 0 Å². The fourth-order valence-electron chi connectivity index (χ4n) is 7.76. The molecule has 0 saturated heterocycles. The van der Waals surface area contributed by atoms with E-state index >= 15 is 0 Å². The Balaban J connectivity index is 1.40. The van der Waals surface area contributed by atoms with E-state index in [1.54, 1.807) is 17.4 Å². The molecule has 238 valence electrons. The summed E-state index contributed by atoms with van der Waals surface area (Å²) in [6.45, 7) is 0. The smallest absolute Gasteiger partial charge is 0.246 e. The van der Waals surface area contributed by atoms with Gasteiger partial charge in [-0.05, 0) is 51.9 Å². The fraction of sp³-hybridized carbons (Fsp3) is 0. The first kappa shape index (κ1) is 25.4. The molecule has 0 N–H and O–H groups in total. The molecule has 1 aliphatic rings. The maximum Gasteiger partial charge on any atom is 0.251 e. The summed E-state index contributed by atoms with van der Waals surface area (Å²) in [5.74, 6) is 0.465. The van der Waals surface area contributed by atoms with Crippen LogP contribution in [0.25, 0.3) is 75.0 Å². The third-order valence-corrected chi connectivity index (χ3v) is 11.1. The van der Waals surface area contributed by atoms with Gasteiger partial charge in [-0.15, -0.1) is 11.3 Å². The highest BCUT2D eigenvalue weighted by atomic mass is 32.1. The van der Waals surface area contributed by atoms with Crippen LogP contribution in [-0.4, -0.2) is 9.97 Å². The zero-order valence-electron chi connectivity index (χ0n) is 30.1. The van der Waals surface area contributed by atoms with Crippen LogP contribution in [0.4, 0.5) is 23.0 Å². The first-order valence-corrected chi connectivity index (χ1v) is 17.7. The molecule has 3 heterocycles. The highest BCUT2D eigenvalue weighted by molar-refractivity contribution is 7.26. The van der Waals surface area contributed by atoms with Crippen LogP contribution < -0.4 is 10.0 Å². The van der Waals surface area contributed by atoms with Gasteiger partial charge in [0.05, 0.1) is 37.1 Å². The van der Waals surface area contributed by atoms with Gasteiger partial charge in [-0.25, -0.2) is 20.0 Å². The second kappa shape index (κ2) is 11.0. The summed E-state index contributed by atoms with van der Waals surface area (Å²) in [6.07, 6.45) is 0. The Bertz CT molecular complexity index is 3170. The van der Waals surface area contributed by atoms with Crippen molar-refractivity contribution >= 4 is 87.0 Å². The molecule has 0 bridgehead atoms. The van der Waals surface area contributed by atoms with Crippen molar-refractivity contribution in [3.8, 4) is 22.4 Å². The molecule has 0 amide bonds. The van der Waals surface area contributed by atoms with Crippen molar-refractivity contribution in [3.63, 3.8) is 0 Å². The maximum absolute atomic E-state index is 9.78. The number of hydrazine groups is 1. The summed E-state index contributed by atoms with van der Waals surface area (Å²) in [6, 6.07) is 51.5. The maximum atomic E-state index is 9.78. The predicted molar refractivity (Wildman–Crippen MR) is 215 cm³/mol. The van der Waals surface area contributed by atoms with Gasteiger partial charge in [-0.3, -0.25) is 0 Å². The van der Waals surface area contributed by atoms with E-state index in [4.69, 9.17) is 12.7 Å². The van der Waals surface area contributed by atoms with Crippen molar-refractivity contribution in [3.05, 3.63) is 170 Å². The minimum Gasteiger partial charge on any atom is -0.246 e. The first-order chi connectivity index (χ1) is 26.5. The highest BCUT2D eigenvalue weighted by Gasteiger charge is 2.38. The van der Waals surface area contributed by atoms with Crippen molar-refractivity contribution in [1.29, 1.82) is 0 Å².